The quantitative estimate of drug-likeness (QED) is 0.676. The molecule has 0 bridgehead atoms. The van der Waals surface area contributed by atoms with Crippen LogP contribution in [0.5, 0.6) is 5.75 Å². The molecule has 1 amide bonds. The fourth-order valence-corrected chi connectivity index (χ4v) is 3.03. The summed E-state index contributed by atoms with van der Waals surface area (Å²) < 4.78 is 5.20. The molecule has 0 radical (unpaired) electrons. The van der Waals surface area contributed by atoms with Crippen LogP contribution in [0.2, 0.25) is 0 Å². The minimum absolute atomic E-state index is 0.0464. The van der Waals surface area contributed by atoms with Gasteiger partial charge in [-0.05, 0) is 42.0 Å². The lowest BCUT2D eigenvalue weighted by Crippen LogP contribution is -2.14. The molecule has 2 heterocycles. The van der Waals surface area contributed by atoms with E-state index in [1.807, 2.05) is 55.7 Å². The highest BCUT2D eigenvalue weighted by Crippen LogP contribution is 2.31. The van der Waals surface area contributed by atoms with E-state index in [1.165, 1.54) is 0 Å². The average molecular weight is 374 g/mol. The first kappa shape index (κ1) is 18.0. The molecule has 28 heavy (non-hydrogen) atoms. The van der Waals surface area contributed by atoms with Gasteiger partial charge in [-0.3, -0.25) is 4.79 Å². The molecule has 0 saturated heterocycles. The summed E-state index contributed by atoms with van der Waals surface area (Å²) in [6, 6.07) is 9.75. The van der Waals surface area contributed by atoms with Crippen LogP contribution in [0.1, 0.15) is 24.0 Å². The van der Waals surface area contributed by atoms with E-state index in [1.54, 1.807) is 13.3 Å². The number of nitrogens with zero attached hydrogens (tertiary/aromatic N) is 2. The summed E-state index contributed by atoms with van der Waals surface area (Å²) in [5.74, 6) is 2.33. The number of methoxy groups -OCH3 is 1. The first-order valence-electron chi connectivity index (χ1n) is 9.27. The molecule has 1 fully saturated rings. The van der Waals surface area contributed by atoms with Crippen molar-refractivity contribution in [3.63, 3.8) is 0 Å². The largest absolute Gasteiger partial charge is 0.497 e. The Kier molecular flexibility index (Phi) is 4.93. The predicted molar refractivity (Wildman–Crippen MR) is 112 cm³/mol. The van der Waals surface area contributed by atoms with E-state index in [0.717, 1.165) is 46.3 Å². The van der Waals surface area contributed by atoms with E-state index < -0.39 is 0 Å². The maximum Gasteiger partial charge on any atom is 0.228 e. The van der Waals surface area contributed by atoms with Gasteiger partial charge in [-0.25, -0.2) is 9.97 Å². The Hall–Kier alpha value is -3.41. The van der Waals surface area contributed by atoms with E-state index in [2.05, 4.69) is 20.6 Å². The molecule has 0 atom stereocenters. The fourth-order valence-electron chi connectivity index (χ4n) is 3.03. The number of rotatable bonds is 6. The number of carbonyl (C=O) groups excluding carboxylic acids is 1. The summed E-state index contributed by atoms with van der Waals surface area (Å²) in [7, 11) is 3.48. The van der Waals surface area contributed by atoms with E-state index >= 15 is 0 Å². The number of pyridine rings is 2. The van der Waals surface area contributed by atoms with Crippen molar-refractivity contribution >= 4 is 40.5 Å². The number of hydrogen-bond donors (Lipinski definition) is 2. The molecular weight excluding hydrogens is 352 g/mol. The number of ether oxygens (including phenoxy) is 1. The molecule has 0 aliphatic heterocycles. The van der Waals surface area contributed by atoms with Crippen molar-refractivity contribution in [2.24, 2.45) is 5.92 Å². The van der Waals surface area contributed by atoms with Gasteiger partial charge in [0.1, 0.15) is 17.4 Å². The molecule has 0 spiro atoms. The molecule has 0 unspecified atom stereocenters. The highest BCUT2D eigenvalue weighted by molar-refractivity contribution is 6.01. The second-order valence-corrected chi connectivity index (χ2v) is 6.80. The number of hydrogen-bond acceptors (Lipinski definition) is 5. The third-order valence-electron chi connectivity index (χ3n) is 4.81. The zero-order valence-electron chi connectivity index (χ0n) is 15.9. The van der Waals surface area contributed by atoms with Crippen LogP contribution in [-0.2, 0) is 4.79 Å². The number of amides is 1. The molecule has 2 aromatic heterocycles. The van der Waals surface area contributed by atoms with Crippen LogP contribution < -0.4 is 15.4 Å². The normalized spacial score (nSPS) is 13.6. The van der Waals surface area contributed by atoms with E-state index in [-0.39, 0.29) is 11.8 Å². The Balaban J connectivity index is 1.68. The van der Waals surface area contributed by atoms with Gasteiger partial charge in [0.2, 0.25) is 5.91 Å². The SMILES string of the molecule is CNc1ncc(/C=C/c2ccc(OC)cc2)c2cc(NC(=O)C3CC3)ncc12. The Labute approximate surface area is 163 Å². The van der Waals surface area contributed by atoms with Gasteiger partial charge in [0, 0.05) is 36.3 Å². The van der Waals surface area contributed by atoms with Gasteiger partial charge in [0.25, 0.3) is 0 Å². The summed E-state index contributed by atoms with van der Waals surface area (Å²) in [6.07, 6.45) is 9.54. The number of benzene rings is 1. The predicted octanol–water partition coefficient (Wildman–Crippen LogP) is 4.20. The number of carbonyl (C=O) groups is 1. The molecular formula is C22H22N4O2. The molecule has 1 saturated carbocycles. The van der Waals surface area contributed by atoms with Crippen LogP contribution in [0, 0.1) is 5.92 Å². The molecule has 1 aliphatic rings. The van der Waals surface area contributed by atoms with Crippen molar-refractivity contribution in [1.82, 2.24) is 9.97 Å². The van der Waals surface area contributed by atoms with Crippen LogP contribution in [0.3, 0.4) is 0 Å². The molecule has 2 N–H and O–H groups in total. The lowest BCUT2D eigenvalue weighted by molar-refractivity contribution is -0.117. The zero-order chi connectivity index (χ0) is 19.5. The van der Waals surface area contributed by atoms with Gasteiger partial charge in [0.05, 0.1) is 7.11 Å². The molecule has 142 valence electrons. The van der Waals surface area contributed by atoms with Gasteiger partial charge < -0.3 is 15.4 Å². The lowest BCUT2D eigenvalue weighted by atomic mass is 10.1. The van der Waals surface area contributed by atoms with Gasteiger partial charge in [0.15, 0.2) is 0 Å². The van der Waals surface area contributed by atoms with Crippen molar-refractivity contribution in [2.75, 3.05) is 24.8 Å². The summed E-state index contributed by atoms with van der Waals surface area (Å²) in [6.45, 7) is 0. The van der Waals surface area contributed by atoms with E-state index in [0.29, 0.717) is 5.82 Å². The summed E-state index contributed by atoms with van der Waals surface area (Å²) in [4.78, 5) is 21.0. The molecule has 1 aliphatic carbocycles. The van der Waals surface area contributed by atoms with Crippen molar-refractivity contribution in [2.45, 2.75) is 12.8 Å². The first-order valence-corrected chi connectivity index (χ1v) is 9.27. The van der Waals surface area contributed by atoms with E-state index in [9.17, 15) is 4.79 Å². The monoisotopic (exact) mass is 374 g/mol. The number of aromatic nitrogens is 2. The number of nitrogens with one attached hydrogen (secondary N) is 2. The van der Waals surface area contributed by atoms with Crippen LogP contribution in [-0.4, -0.2) is 30.0 Å². The maximum absolute atomic E-state index is 12.1. The number of fused-ring (bicyclic) bond motifs is 1. The molecule has 3 aromatic rings. The third kappa shape index (κ3) is 3.81. The van der Waals surface area contributed by atoms with Crippen LogP contribution >= 0.6 is 0 Å². The second kappa shape index (κ2) is 7.68. The summed E-state index contributed by atoms with van der Waals surface area (Å²) in [5, 5.41) is 7.90. The Bertz CT molecular complexity index is 1040. The second-order valence-electron chi connectivity index (χ2n) is 6.80. The molecule has 6 heteroatoms. The van der Waals surface area contributed by atoms with Crippen molar-refractivity contribution in [1.29, 1.82) is 0 Å². The van der Waals surface area contributed by atoms with Gasteiger partial charge in [-0.2, -0.15) is 0 Å². The Morgan fingerprint density at radius 3 is 2.57 bits per heavy atom. The van der Waals surface area contributed by atoms with E-state index in [4.69, 9.17) is 4.74 Å². The maximum atomic E-state index is 12.1. The minimum atomic E-state index is 0.0464. The van der Waals surface area contributed by atoms with Crippen LogP contribution in [0.25, 0.3) is 22.9 Å². The zero-order valence-corrected chi connectivity index (χ0v) is 15.9. The topological polar surface area (TPSA) is 76.1 Å². The highest BCUT2D eigenvalue weighted by atomic mass is 16.5. The Morgan fingerprint density at radius 1 is 1.11 bits per heavy atom. The summed E-state index contributed by atoms with van der Waals surface area (Å²) in [5.41, 5.74) is 2.01. The van der Waals surface area contributed by atoms with Gasteiger partial charge in [-0.1, -0.05) is 24.3 Å². The van der Waals surface area contributed by atoms with Crippen molar-refractivity contribution in [3.05, 3.63) is 53.9 Å². The van der Waals surface area contributed by atoms with Gasteiger partial charge >= 0.3 is 0 Å². The van der Waals surface area contributed by atoms with Crippen molar-refractivity contribution in [3.8, 4) is 5.75 Å². The minimum Gasteiger partial charge on any atom is -0.497 e. The summed E-state index contributed by atoms with van der Waals surface area (Å²) >= 11 is 0. The van der Waals surface area contributed by atoms with Crippen molar-refractivity contribution < 1.29 is 9.53 Å². The Morgan fingerprint density at radius 2 is 1.89 bits per heavy atom. The standard InChI is InChI=1S/C22H22N4O2/c1-23-21-19-13-24-20(26-22(27)15-7-8-15)11-18(19)16(12-25-21)6-3-14-4-9-17(28-2)10-5-14/h3-6,9-13,15H,7-8H2,1-2H3,(H,23,25)(H,24,26,27)/b6-3+. The highest BCUT2D eigenvalue weighted by Gasteiger charge is 2.29. The van der Waals surface area contributed by atoms with Gasteiger partial charge in [-0.15, -0.1) is 0 Å². The third-order valence-corrected chi connectivity index (χ3v) is 4.81. The number of anilines is 2. The molecule has 1 aromatic carbocycles. The first-order chi connectivity index (χ1) is 13.7. The smallest absolute Gasteiger partial charge is 0.228 e. The lowest BCUT2D eigenvalue weighted by Gasteiger charge is -2.10. The van der Waals surface area contributed by atoms with Crippen LogP contribution in [0.4, 0.5) is 11.6 Å². The van der Waals surface area contributed by atoms with Crippen LogP contribution in [0.15, 0.2) is 42.7 Å². The molecule has 6 nitrogen and oxygen atoms in total. The molecule has 4 rings (SSSR count). The average Bonchev–Trinajstić information content (AvgIpc) is 3.58. The fraction of sp³-hybridized carbons (Fsp3) is 0.227.